The normalized spacial score (nSPS) is 15.7. The summed E-state index contributed by atoms with van der Waals surface area (Å²) in [6.45, 7) is 1.11. The molecule has 0 aliphatic carbocycles. The van der Waals surface area contributed by atoms with E-state index in [1.165, 1.54) is 22.5 Å². The van der Waals surface area contributed by atoms with Crippen LogP contribution in [0.2, 0.25) is 0 Å². The zero-order valence-corrected chi connectivity index (χ0v) is 14.2. The van der Waals surface area contributed by atoms with Crippen molar-refractivity contribution in [2.24, 2.45) is 4.99 Å². The fourth-order valence-corrected chi connectivity index (χ4v) is 4.19. The molecular weight excluding hydrogens is 342 g/mol. The van der Waals surface area contributed by atoms with Crippen LogP contribution in [0.3, 0.4) is 0 Å². The second-order valence-electron chi connectivity index (χ2n) is 5.72. The van der Waals surface area contributed by atoms with Crippen molar-refractivity contribution in [1.82, 2.24) is 4.31 Å². The van der Waals surface area contributed by atoms with Crippen LogP contribution in [0.25, 0.3) is 0 Å². The molecule has 130 valence electrons. The first kappa shape index (κ1) is 17.2. The van der Waals surface area contributed by atoms with Crippen molar-refractivity contribution in [3.05, 3.63) is 64.2 Å². The average molecular weight is 359 g/mol. The molecule has 2 aromatic carbocycles. The fraction of sp³-hybridized carbons (Fsp3) is 0.235. The van der Waals surface area contributed by atoms with Gasteiger partial charge in [0.15, 0.2) is 0 Å². The molecule has 1 heterocycles. The number of benzene rings is 2. The van der Waals surface area contributed by atoms with Crippen LogP contribution in [0.4, 0.5) is 11.4 Å². The summed E-state index contributed by atoms with van der Waals surface area (Å²) in [7, 11) is -3.47. The zero-order chi connectivity index (χ0) is 17.9. The first-order chi connectivity index (χ1) is 12.0. The number of nitro benzene ring substituents is 1. The van der Waals surface area contributed by atoms with E-state index in [0.29, 0.717) is 24.3 Å². The second kappa shape index (κ2) is 7.12. The first-order valence-corrected chi connectivity index (χ1v) is 9.29. The SMILES string of the molecule is O=[N+]([O-])c1ccc(C=Nc2cccc(S(=O)(=O)N3CCCC3)c2)cc1. The van der Waals surface area contributed by atoms with Crippen molar-refractivity contribution < 1.29 is 13.3 Å². The van der Waals surface area contributed by atoms with Crippen LogP contribution in [-0.4, -0.2) is 37.0 Å². The van der Waals surface area contributed by atoms with Gasteiger partial charge in [0.1, 0.15) is 0 Å². The van der Waals surface area contributed by atoms with Crippen LogP contribution >= 0.6 is 0 Å². The van der Waals surface area contributed by atoms with Crippen LogP contribution in [0.15, 0.2) is 58.4 Å². The molecule has 0 amide bonds. The molecule has 0 bridgehead atoms. The average Bonchev–Trinajstić information content (AvgIpc) is 3.16. The number of hydrogen-bond donors (Lipinski definition) is 0. The monoisotopic (exact) mass is 359 g/mol. The van der Waals surface area contributed by atoms with E-state index in [9.17, 15) is 18.5 Å². The molecule has 1 aliphatic rings. The molecule has 1 fully saturated rings. The van der Waals surface area contributed by atoms with E-state index in [2.05, 4.69) is 4.99 Å². The molecule has 2 aromatic rings. The van der Waals surface area contributed by atoms with Crippen LogP contribution in [0.1, 0.15) is 18.4 Å². The minimum atomic E-state index is -3.47. The molecule has 3 rings (SSSR count). The van der Waals surface area contributed by atoms with Gasteiger partial charge in [-0.1, -0.05) is 6.07 Å². The highest BCUT2D eigenvalue weighted by molar-refractivity contribution is 7.89. The molecule has 0 radical (unpaired) electrons. The Hall–Kier alpha value is -2.58. The summed E-state index contributed by atoms with van der Waals surface area (Å²) >= 11 is 0. The third-order valence-electron chi connectivity index (χ3n) is 3.99. The van der Waals surface area contributed by atoms with Gasteiger partial charge >= 0.3 is 0 Å². The first-order valence-electron chi connectivity index (χ1n) is 7.85. The van der Waals surface area contributed by atoms with Gasteiger partial charge in [-0.2, -0.15) is 4.31 Å². The van der Waals surface area contributed by atoms with Gasteiger partial charge in [-0.25, -0.2) is 8.42 Å². The maximum absolute atomic E-state index is 12.6. The second-order valence-corrected chi connectivity index (χ2v) is 7.65. The van der Waals surface area contributed by atoms with Gasteiger partial charge in [0.2, 0.25) is 10.0 Å². The van der Waals surface area contributed by atoms with E-state index in [4.69, 9.17) is 0 Å². The Morgan fingerprint density at radius 1 is 1.08 bits per heavy atom. The Labute approximate surface area is 145 Å². The predicted molar refractivity (Wildman–Crippen MR) is 94.8 cm³/mol. The summed E-state index contributed by atoms with van der Waals surface area (Å²) in [5.41, 5.74) is 1.22. The van der Waals surface area contributed by atoms with Crippen molar-refractivity contribution in [3.8, 4) is 0 Å². The van der Waals surface area contributed by atoms with E-state index in [1.54, 1.807) is 36.5 Å². The number of sulfonamides is 1. The molecule has 0 spiro atoms. The molecule has 0 saturated carbocycles. The van der Waals surface area contributed by atoms with E-state index in [-0.39, 0.29) is 10.6 Å². The number of nitro groups is 1. The molecule has 0 unspecified atom stereocenters. The minimum Gasteiger partial charge on any atom is -0.258 e. The quantitative estimate of drug-likeness (QED) is 0.466. The Morgan fingerprint density at radius 3 is 2.40 bits per heavy atom. The van der Waals surface area contributed by atoms with Gasteiger partial charge in [-0.05, 0) is 48.7 Å². The number of nitrogens with zero attached hydrogens (tertiary/aromatic N) is 3. The minimum absolute atomic E-state index is 0.0100. The summed E-state index contributed by atoms with van der Waals surface area (Å²) in [6.07, 6.45) is 3.32. The molecular formula is C17H17N3O4S. The summed E-state index contributed by atoms with van der Waals surface area (Å²) in [6, 6.07) is 12.5. The molecule has 1 saturated heterocycles. The summed E-state index contributed by atoms with van der Waals surface area (Å²) in [4.78, 5) is 14.7. The molecule has 8 heteroatoms. The number of aliphatic imine (C=N–C) groups is 1. The highest BCUT2D eigenvalue weighted by atomic mass is 32.2. The van der Waals surface area contributed by atoms with Crippen molar-refractivity contribution in [2.75, 3.05) is 13.1 Å². The molecule has 25 heavy (non-hydrogen) atoms. The predicted octanol–water partition coefficient (Wildman–Crippen LogP) is 3.13. The summed E-state index contributed by atoms with van der Waals surface area (Å²) in [5.74, 6) is 0. The Kier molecular flexibility index (Phi) is 4.91. The van der Waals surface area contributed by atoms with E-state index in [0.717, 1.165) is 12.8 Å². The van der Waals surface area contributed by atoms with Gasteiger partial charge in [0.05, 0.1) is 15.5 Å². The third-order valence-corrected chi connectivity index (χ3v) is 5.88. The maximum atomic E-state index is 12.6. The van der Waals surface area contributed by atoms with E-state index < -0.39 is 14.9 Å². The molecule has 0 N–H and O–H groups in total. The molecule has 0 aromatic heterocycles. The topological polar surface area (TPSA) is 92.9 Å². The van der Waals surface area contributed by atoms with Crippen molar-refractivity contribution in [3.63, 3.8) is 0 Å². The Morgan fingerprint density at radius 2 is 1.76 bits per heavy atom. The Balaban J connectivity index is 1.80. The number of hydrogen-bond acceptors (Lipinski definition) is 5. The smallest absolute Gasteiger partial charge is 0.258 e. The lowest BCUT2D eigenvalue weighted by atomic mass is 10.2. The molecule has 0 atom stereocenters. The lowest BCUT2D eigenvalue weighted by Crippen LogP contribution is -2.27. The Bertz CT molecular complexity index is 902. The van der Waals surface area contributed by atoms with E-state index in [1.807, 2.05) is 0 Å². The zero-order valence-electron chi connectivity index (χ0n) is 13.4. The third kappa shape index (κ3) is 3.92. The number of non-ortho nitro benzene ring substituents is 1. The maximum Gasteiger partial charge on any atom is 0.269 e. The van der Waals surface area contributed by atoms with Crippen molar-refractivity contribution in [1.29, 1.82) is 0 Å². The van der Waals surface area contributed by atoms with Crippen molar-refractivity contribution in [2.45, 2.75) is 17.7 Å². The van der Waals surface area contributed by atoms with Gasteiger partial charge < -0.3 is 0 Å². The van der Waals surface area contributed by atoms with Crippen LogP contribution in [0.5, 0.6) is 0 Å². The highest BCUT2D eigenvalue weighted by Crippen LogP contribution is 2.24. The van der Waals surface area contributed by atoms with Gasteiger partial charge in [-0.15, -0.1) is 0 Å². The molecule has 1 aliphatic heterocycles. The van der Waals surface area contributed by atoms with Gasteiger partial charge in [0.25, 0.3) is 5.69 Å². The standard InChI is InChI=1S/C17H17N3O4S/c21-20(22)16-8-6-14(7-9-16)13-18-15-4-3-5-17(12-15)25(23,24)19-10-1-2-11-19/h3-9,12-13H,1-2,10-11H2. The molecule has 7 nitrogen and oxygen atoms in total. The highest BCUT2D eigenvalue weighted by Gasteiger charge is 2.27. The van der Waals surface area contributed by atoms with Crippen LogP contribution < -0.4 is 0 Å². The summed E-state index contributed by atoms with van der Waals surface area (Å²) in [5, 5.41) is 10.6. The fourth-order valence-electron chi connectivity index (χ4n) is 2.63. The van der Waals surface area contributed by atoms with Crippen LogP contribution in [0, 0.1) is 10.1 Å². The summed E-state index contributed by atoms with van der Waals surface area (Å²) < 4.78 is 26.6. The van der Waals surface area contributed by atoms with Crippen LogP contribution in [-0.2, 0) is 10.0 Å². The largest absolute Gasteiger partial charge is 0.269 e. The lowest BCUT2D eigenvalue weighted by Gasteiger charge is -2.15. The van der Waals surface area contributed by atoms with Gasteiger partial charge in [-0.3, -0.25) is 15.1 Å². The van der Waals surface area contributed by atoms with E-state index >= 15 is 0 Å². The van der Waals surface area contributed by atoms with Gasteiger partial charge in [0, 0.05) is 31.4 Å². The van der Waals surface area contributed by atoms with Crippen molar-refractivity contribution >= 4 is 27.6 Å². The number of rotatable bonds is 5. The lowest BCUT2D eigenvalue weighted by molar-refractivity contribution is -0.384.